The van der Waals surface area contributed by atoms with Gasteiger partial charge in [-0.2, -0.15) is 0 Å². The number of anilines is 1. The van der Waals surface area contributed by atoms with Crippen LogP contribution in [-0.4, -0.2) is 12.2 Å². The van der Waals surface area contributed by atoms with E-state index in [1.807, 2.05) is 0 Å². The molecule has 14 heavy (non-hydrogen) atoms. The molecular weight excluding hydrogens is 172 g/mol. The van der Waals surface area contributed by atoms with Crippen molar-refractivity contribution in [2.45, 2.75) is 31.3 Å². The van der Waals surface area contributed by atoms with Crippen molar-refractivity contribution in [2.75, 3.05) is 11.9 Å². The highest BCUT2D eigenvalue weighted by Crippen LogP contribution is 2.47. The van der Waals surface area contributed by atoms with E-state index in [1.165, 1.54) is 24.2 Å². The summed E-state index contributed by atoms with van der Waals surface area (Å²) >= 11 is 0. The SMILES string of the molecule is C[C@@]12Nc3ccccc3[C@@]1(C)CC[NH2+]2. The van der Waals surface area contributed by atoms with E-state index in [-0.39, 0.29) is 5.66 Å². The summed E-state index contributed by atoms with van der Waals surface area (Å²) in [5, 5.41) is 6.10. The van der Waals surface area contributed by atoms with E-state index in [1.54, 1.807) is 0 Å². The Bertz CT molecular complexity index is 388. The van der Waals surface area contributed by atoms with Crippen molar-refractivity contribution in [1.82, 2.24) is 0 Å². The van der Waals surface area contributed by atoms with E-state index in [0.29, 0.717) is 5.41 Å². The molecule has 0 spiro atoms. The van der Waals surface area contributed by atoms with Gasteiger partial charge in [0.2, 0.25) is 0 Å². The first-order chi connectivity index (χ1) is 6.66. The lowest BCUT2D eigenvalue weighted by atomic mass is 9.75. The topological polar surface area (TPSA) is 28.6 Å². The average Bonchev–Trinajstić information content (AvgIpc) is 2.54. The normalized spacial score (nSPS) is 39.0. The molecule has 2 aliphatic rings. The number of para-hydroxylation sites is 1. The standard InChI is InChI=1S/C12H16N2/c1-11-7-8-13-12(11,2)14-10-6-4-3-5-9(10)11/h3-6,13-14H,7-8H2,1-2H3/p+1/t11-,12-/m1/s1. The quantitative estimate of drug-likeness (QED) is 0.627. The second-order valence-corrected chi connectivity index (χ2v) is 4.95. The molecule has 0 unspecified atom stereocenters. The van der Waals surface area contributed by atoms with Crippen LogP contribution < -0.4 is 10.6 Å². The van der Waals surface area contributed by atoms with Crippen molar-refractivity contribution >= 4 is 5.69 Å². The predicted octanol–water partition coefficient (Wildman–Crippen LogP) is 1.05. The third-order valence-corrected chi connectivity index (χ3v) is 4.26. The molecule has 2 aliphatic heterocycles. The number of nitrogens with two attached hydrogens (primary N) is 1. The lowest BCUT2D eigenvalue weighted by Crippen LogP contribution is -2.96. The van der Waals surface area contributed by atoms with Crippen LogP contribution in [0.4, 0.5) is 5.69 Å². The molecule has 2 heteroatoms. The van der Waals surface area contributed by atoms with Gasteiger partial charge in [-0.15, -0.1) is 0 Å². The summed E-state index contributed by atoms with van der Waals surface area (Å²) < 4.78 is 0. The molecule has 0 amide bonds. The zero-order valence-electron chi connectivity index (χ0n) is 8.80. The molecular formula is C12H17N2+. The molecule has 2 heterocycles. The van der Waals surface area contributed by atoms with Crippen LogP contribution in [0.5, 0.6) is 0 Å². The first kappa shape index (κ1) is 8.30. The molecule has 3 N–H and O–H groups in total. The number of quaternary nitrogens is 1. The zero-order valence-corrected chi connectivity index (χ0v) is 8.80. The largest absolute Gasteiger partial charge is 0.333 e. The maximum atomic E-state index is 3.66. The van der Waals surface area contributed by atoms with Crippen LogP contribution in [0, 0.1) is 0 Å². The molecule has 1 fully saturated rings. The Kier molecular flexibility index (Phi) is 1.37. The van der Waals surface area contributed by atoms with Crippen molar-refractivity contribution in [1.29, 1.82) is 0 Å². The molecule has 0 radical (unpaired) electrons. The van der Waals surface area contributed by atoms with E-state index in [0.717, 1.165) is 0 Å². The molecule has 0 saturated carbocycles. The third kappa shape index (κ3) is 0.758. The Hall–Kier alpha value is -1.02. The van der Waals surface area contributed by atoms with Crippen LogP contribution in [0.1, 0.15) is 25.8 Å². The Balaban J connectivity index is 2.22. The average molecular weight is 189 g/mol. The molecule has 2 nitrogen and oxygen atoms in total. The minimum Gasteiger partial charge on any atom is -0.333 e. The number of hydrogen-bond acceptors (Lipinski definition) is 1. The Morgan fingerprint density at radius 1 is 1.29 bits per heavy atom. The highest BCUT2D eigenvalue weighted by atomic mass is 15.3. The van der Waals surface area contributed by atoms with Crippen LogP contribution >= 0.6 is 0 Å². The van der Waals surface area contributed by atoms with E-state index in [2.05, 4.69) is 48.7 Å². The Labute approximate surface area is 84.7 Å². The highest BCUT2D eigenvalue weighted by molar-refractivity contribution is 5.63. The number of nitrogens with one attached hydrogen (secondary N) is 1. The zero-order chi connectivity index (χ0) is 9.81. The highest BCUT2D eigenvalue weighted by Gasteiger charge is 2.58. The lowest BCUT2D eigenvalue weighted by Gasteiger charge is -2.30. The third-order valence-electron chi connectivity index (χ3n) is 4.26. The van der Waals surface area contributed by atoms with Crippen LogP contribution in [0.15, 0.2) is 24.3 Å². The molecule has 0 aliphatic carbocycles. The Morgan fingerprint density at radius 2 is 2.07 bits per heavy atom. The number of hydrogen-bond donors (Lipinski definition) is 2. The molecule has 1 aromatic rings. The van der Waals surface area contributed by atoms with Crippen LogP contribution in [-0.2, 0) is 5.41 Å². The van der Waals surface area contributed by atoms with Crippen LogP contribution in [0.2, 0.25) is 0 Å². The van der Waals surface area contributed by atoms with Crippen molar-refractivity contribution < 1.29 is 5.32 Å². The van der Waals surface area contributed by atoms with Gasteiger partial charge in [0.1, 0.15) is 0 Å². The maximum absolute atomic E-state index is 3.66. The first-order valence-corrected chi connectivity index (χ1v) is 5.38. The summed E-state index contributed by atoms with van der Waals surface area (Å²) in [6.07, 6.45) is 1.27. The van der Waals surface area contributed by atoms with Gasteiger partial charge in [0.25, 0.3) is 0 Å². The van der Waals surface area contributed by atoms with Crippen molar-refractivity contribution in [3.63, 3.8) is 0 Å². The first-order valence-electron chi connectivity index (χ1n) is 5.38. The van der Waals surface area contributed by atoms with Crippen molar-refractivity contribution in [3.05, 3.63) is 29.8 Å². The van der Waals surface area contributed by atoms with E-state index >= 15 is 0 Å². The summed E-state index contributed by atoms with van der Waals surface area (Å²) in [5.74, 6) is 0. The van der Waals surface area contributed by atoms with Gasteiger partial charge in [0.05, 0.1) is 12.0 Å². The van der Waals surface area contributed by atoms with Gasteiger partial charge < -0.3 is 10.6 Å². The Morgan fingerprint density at radius 3 is 2.93 bits per heavy atom. The van der Waals surface area contributed by atoms with E-state index < -0.39 is 0 Å². The van der Waals surface area contributed by atoms with Crippen LogP contribution in [0.25, 0.3) is 0 Å². The number of benzene rings is 1. The fraction of sp³-hybridized carbons (Fsp3) is 0.500. The molecule has 74 valence electrons. The second kappa shape index (κ2) is 2.31. The summed E-state index contributed by atoms with van der Waals surface area (Å²) in [5.41, 5.74) is 3.31. The summed E-state index contributed by atoms with van der Waals surface area (Å²) in [7, 11) is 0. The van der Waals surface area contributed by atoms with Gasteiger partial charge in [-0.25, -0.2) is 0 Å². The van der Waals surface area contributed by atoms with Gasteiger partial charge >= 0.3 is 0 Å². The molecule has 1 saturated heterocycles. The van der Waals surface area contributed by atoms with Gasteiger partial charge in [-0.1, -0.05) is 18.2 Å². The minimum atomic E-state index is 0.177. The van der Waals surface area contributed by atoms with Gasteiger partial charge in [0, 0.05) is 19.0 Å². The predicted molar refractivity (Wildman–Crippen MR) is 57.2 cm³/mol. The number of rotatable bonds is 0. The number of fused-ring (bicyclic) bond motifs is 3. The molecule has 1 aromatic carbocycles. The van der Waals surface area contributed by atoms with Gasteiger partial charge in [-0.3, -0.25) is 0 Å². The molecule has 2 atom stereocenters. The van der Waals surface area contributed by atoms with E-state index in [4.69, 9.17) is 0 Å². The second-order valence-electron chi connectivity index (χ2n) is 4.95. The molecule has 0 aromatic heterocycles. The molecule has 0 bridgehead atoms. The smallest absolute Gasteiger partial charge is 0.176 e. The minimum absolute atomic E-state index is 0.177. The van der Waals surface area contributed by atoms with Gasteiger partial charge in [-0.05, 0) is 18.6 Å². The fourth-order valence-corrected chi connectivity index (χ4v) is 3.09. The summed E-state index contributed by atoms with van der Waals surface area (Å²) in [6, 6.07) is 8.72. The van der Waals surface area contributed by atoms with Crippen molar-refractivity contribution in [2.24, 2.45) is 0 Å². The summed E-state index contributed by atoms with van der Waals surface area (Å²) in [4.78, 5) is 0. The molecule has 3 rings (SSSR count). The van der Waals surface area contributed by atoms with E-state index in [9.17, 15) is 0 Å². The maximum Gasteiger partial charge on any atom is 0.176 e. The summed E-state index contributed by atoms with van der Waals surface area (Å²) in [6.45, 7) is 5.93. The lowest BCUT2D eigenvalue weighted by molar-refractivity contribution is -0.701. The monoisotopic (exact) mass is 189 g/mol. The fourth-order valence-electron chi connectivity index (χ4n) is 3.09. The van der Waals surface area contributed by atoms with Crippen molar-refractivity contribution in [3.8, 4) is 0 Å². The van der Waals surface area contributed by atoms with Crippen LogP contribution in [0.3, 0.4) is 0 Å². The van der Waals surface area contributed by atoms with Gasteiger partial charge in [0.15, 0.2) is 5.66 Å².